The third-order valence-corrected chi connectivity index (χ3v) is 5.45. The zero-order valence-electron chi connectivity index (χ0n) is 19.4. The molecule has 0 spiro atoms. The molecule has 0 aromatic carbocycles. The van der Waals surface area contributed by atoms with Crippen molar-refractivity contribution in [2.24, 2.45) is 22.2 Å². The van der Waals surface area contributed by atoms with E-state index in [0.717, 1.165) is 26.1 Å². The molecule has 0 aliphatic rings. The van der Waals surface area contributed by atoms with Crippen LogP contribution in [-0.4, -0.2) is 37.1 Å². The summed E-state index contributed by atoms with van der Waals surface area (Å²) in [5.41, 5.74) is 0.0262. The van der Waals surface area contributed by atoms with E-state index < -0.39 is 0 Å². The number of hydrogen-bond acceptors (Lipinski definition) is 3. The van der Waals surface area contributed by atoms with Crippen LogP contribution < -0.4 is 0 Å². The number of rotatable bonds is 8. The topological polar surface area (TPSA) is 29.5 Å². The standard InChI is InChI=1S/C20H41NO2.C2H6/c1-11-21(12-2)13-14-23-17(22)16(15-18(3,4)5)20(9,10)19(6,7)8;1-2/h16H,11-15H2,1-10H3;1-2H3. The number of carbonyl (C=O) groups is 1. The summed E-state index contributed by atoms with van der Waals surface area (Å²) >= 11 is 0. The molecule has 0 aliphatic carbocycles. The van der Waals surface area contributed by atoms with Crippen molar-refractivity contribution in [1.82, 2.24) is 4.90 Å². The molecule has 0 N–H and O–H groups in total. The number of esters is 1. The second-order valence-electron chi connectivity index (χ2n) is 9.48. The van der Waals surface area contributed by atoms with Crippen LogP contribution in [0.5, 0.6) is 0 Å². The number of ether oxygens (including phenoxy) is 1. The highest BCUT2D eigenvalue weighted by atomic mass is 16.5. The van der Waals surface area contributed by atoms with Crippen LogP contribution in [0.25, 0.3) is 0 Å². The molecule has 1 atom stereocenters. The van der Waals surface area contributed by atoms with Gasteiger partial charge >= 0.3 is 5.97 Å². The highest BCUT2D eigenvalue weighted by Crippen LogP contribution is 2.48. The Balaban J connectivity index is 0. The van der Waals surface area contributed by atoms with E-state index in [-0.39, 0.29) is 28.1 Å². The minimum atomic E-state index is -0.118. The first-order valence-electron chi connectivity index (χ1n) is 10.1. The van der Waals surface area contributed by atoms with E-state index in [1.807, 2.05) is 13.8 Å². The third kappa shape index (κ3) is 9.63. The summed E-state index contributed by atoms with van der Waals surface area (Å²) in [6.07, 6.45) is 0.849. The van der Waals surface area contributed by atoms with Crippen molar-refractivity contribution in [3.05, 3.63) is 0 Å². The molecule has 0 aromatic rings. The summed E-state index contributed by atoms with van der Waals surface area (Å²) in [5, 5.41) is 0. The molecule has 0 saturated carbocycles. The van der Waals surface area contributed by atoms with Gasteiger partial charge in [0.15, 0.2) is 0 Å². The average Bonchev–Trinajstić information content (AvgIpc) is 2.49. The predicted octanol–water partition coefficient (Wildman–Crippen LogP) is 6.02. The predicted molar refractivity (Wildman–Crippen MR) is 111 cm³/mol. The van der Waals surface area contributed by atoms with Crippen LogP contribution in [0.15, 0.2) is 0 Å². The Kier molecular flexibility index (Phi) is 12.0. The van der Waals surface area contributed by atoms with Crippen LogP contribution in [0.3, 0.4) is 0 Å². The maximum absolute atomic E-state index is 12.8. The van der Waals surface area contributed by atoms with Crippen LogP contribution in [0, 0.1) is 22.2 Å². The normalized spacial score (nSPS) is 14.0. The smallest absolute Gasteiger partial charge is 0.309 e. The van der Waals surface area contributed by atoms with Crippen LogP contribution in [0.1, 0.15) is 89.5 Å². The van der Waals surface area contributed by atoms with Gasteiger partial charge in [0, 0.05) is 6.54 Å². The first-order valence-corrected chi connectivity index (χ1v) is 10.1. The van der Waals surface area contributed by atoms with E-state index in [9.17, 15) is 4.79 Å². The molecular formula is C22H47NO2. The molecule has 0 bridgehead atoms. The minimum absolute atomic E-state index is 0.0352. The van der Waals surface area contributed by atoms with Gasteiger partial charge in [-0.1, -0.05) is 83.1 Å². The first kappa shape index (κ1) is 26.7. The zero-order valence-corrected chi connectivity index (χ0v) is 19.4. The highest BCUT2D eigenvalue weighted by molar-refractivity contribution is 5.73. The van der Waals surface area contributed by atoms with E-state index in [2.05, 4.69) is 74.1 Å². The number of hydrogen-bond donors (Lipinski definition) is 0. The molecule has 0 rings (SSSR count). The fourth-order valence-corrected chi connectivity index (χ4v) is 2.68. The molecule has 3 nitrogen and oxygen atoms in total. The van der Waals surface area contributed by atoms with Crippen LogP contribution in [-0.2, 0) is 9.53 Å². The highest BCUT2D eigenvalue weighted by Gasteiger charge is 2.45. The minimum Gasteiger partial charge on any atom is -0.464 e. The largest absolute Gasteiger partial charge is 0.464 e. The number of nitrogens with zero attached hydrogens (tertiary/aromatic N) is 1. The van der Waals surface area contributed by atoms with Crippen molar-refractivity contribution >= 4 is 5.97 Å². The summed E-state index contributed by atoms with van der Waals surface area (Å²) in [6, 6.07) is 0. The molecule has 152 valence electrons. The fourth-order valence-electron chi connectivity index (χ4n) is 2.68. The van der Waals surface area contributed by atoms with Crippen molar-refractivity contribution < 1.29 is 9.53 Å². The summed E-state index contributed by atoms with van der Waals surface area (Å²) in [4.78, 5) is 15.1. The molecule has 1 unspecified atom stereocenters. The maximum Gasteiger partial charge on any atom is 0.309 e. The van der Waals surface area contributed by atoms with Gasteiger partial charge in [-0.3, -0.25) is 4.79 Å². The van der Waals surface area contributed by atoms with E-state index in [1.165, 1.54) is 0 Å². The van der Waals surface area contributed by atoms with Gasteiger partial charge in [0.1, 0.15) is 6.61 Å². The first-order chi connectivity index (χ1) is 11.3. The molecule has 0 fully saturated rings. The third-order valence-electron chi connectivity index (χ3n) is 5.45. The van der Waals surface area contributed by atoms with Crippen LogP contribution >= 0.6 is 0 Å². The molecule has 3 heteroatoms. The van der Waals surface area contributed by atoms with Gasteiger partial charge in [-0.15, -0.1) is 0 Å². The van der Waals surface area contributed by atoms with Crippen molar-refractivity contribution in [2.75, 3.05) is 26.2 Å². The number of likely N-dealkylation sites (N-methyl/N-ethyl adjacent to an activating group) is 1. The van der Waals surface area contributed by atoms with Gasteiger partial charge in [-0.05, 0) is 35.8 Å². The summed E-state index contributed by atoms with van der Waals surface area (Å²) in [5.74, 6) is -0.119. The van der Waals surface area contributed by atoms with Crippen molar-refractivity contribution in [1.29, 1.82) is 0 Å². The maximum atomic E-state index is 12.8. The van der Waals surface area contributed by atoms with Gasteiger partial charge in [-0.2, -0.15) is 0 Å². The lowest BCUT2D eigenvalue weighted by Gasteiger charge is -2.45. The van der Waals surface area contributed by atoms with E-state index in [0.29, 0.717) is 6.61 Å². The Morgan fingerprint density at radius 2 is 1.36 bits per heavy atom. The Morgan fingerprint density at radius 1 is 0.920 bits per heavy atom. The Labute approximate surface area is 158 Å². The fraction of sp³-hybridized carbons (Fsp3) is 0.955. The van der Waals surface area contributed by atoms with Crippen LogP contribution in [0.2, 0.25) is 0 Å². The molecule has 0 aliphatic heterocycles. The summed E-state index contributed by atoms with van der Waals surface area (Å²) < 4.78 is 5.69. The quantitative estimate of drug-likeness (QED) is 0.497. The van der Waals surface area contributed by atoms with Gasteiger partial charge in [0.25, 0.3) is 0 Å². The van der Waals surface area contributed by atoms with Crippen molar-refractivity contribution in [3.63, 3.8) is 0 Å². The van der Waals surface area contributed by atoms with E-state index in [4.69, 9.17) is 4.74 Å². The Bertz CT molecular complexity index is 357. The van der Waals surface area contributed by atoms with Gasteiger partial charge < -0.3 is 9.64 Å². The molecule has 25 heavy (non-hydrogen) atoms. The summed E-state index contributed by atoms with van der Waals surface area (Å²) in [6.45, 7) is 29.2. The molecule has 0 aromatic heterocycles. The number of carbonyl (C=O) groups excluding carboxylic acids is 1. The van der Waals surface area contributed by atoms with Gasteiger partial charge in [-0.25, -0.2) is 0 Å². The second kappa shape index (κ2) is 11.2. The van der Waals surface area contributed by atoms with Gasteiger partial charge in [0.2, 0.25) is 0 Å². The molecule has 0 amide bonds. The van der Waals surface area contributed by atoms with Gasteiger partial charge in [0.05, 0.1) is 5.92 Å². The average molecular weight is 358 g/mol. The van der Waals surface area contributed by atoms with E-state index in [1.54, 1.807) is 0 Å². The lowest BCUT2D eigenvalue weighted by Crippen LogP contribution is -2.44. The lowest BCUT2D eigenvalue weighted by atomic mass is 9.59. The van der Waals surface area contributed by atoms with Crippen molar-refractivity contribution in [3.8, 4) is 0 Å². The molecule has 0 radical (unpaired) electrons. The monoisotopic (exact) mass is 357 g/mol. The van der Waals surface area contributed by atoms with E-state index >= 15 is 0 Å². The molecule has 0 heterocycles. The Morgan fingerprint density at radius 3 is 1.68 bits per heavy atom. The summed E-state index contributed by atoms with van der Waals surface area (Å²) in [7, 11) is 0. The lowest BCUT2D eigenvalue weighted by molar-refractivity contribution is -0.158. The van der Waals surface area contributed by atoms with Crippen LogP contribution in [0.4, 0.5) is 0 Å². The zero-order chi connectivity index (χ0) is 20.5. The SMILES string of the molecule is CC.CCN(CC)CCOC(=O)C(CC(C)(C)C)C(C)(C)C(C)(C)C. The second-order valence-corrected chi connectivity index (χ2v) is 9.48. The van der Waals surface area contributed by atoms with Crippen molar-refractivity contribution in [2.45, 2.75) is 89.5 Å². The molecule has 0 saturated heterocycles. The Hall–Kier alpha value is -0.570. The molecular weight excluding hydrogens is 310 g/mol.